The maximum absolute atomic E-state index is 12.0. The van der Waals surface area contributed by atoms with E-state index >= 15 is 0 Å². The molecule has 0 amide bonds. The van der Waals surface area contributed by atoms with Crippen molar-refractivity contribution >= 4 is 5.97 Å². The molecule has 2 saturated carbocycles. The zero-order valence-electron chi connectivity index (χ0n) is 14.0. The summed E-state index contributed by atoms with van der Waals surface area (Å²) in [4.78, 5) is 12.0. The summed E-state index contributed by atoms with van der Waals surface area (Å²) in [5, 5.41) is 3.35. The van der Waals surface area contributed by atoms with Crippen molar-refractivity contribution in [3.63, 3.8) is 0 Å². The molecule has 122 valence electrons. The summed E-state index contributed by atoms with van der Waals surface area (Å²) >= 11 is 0. The Balaban J connectivity index is 1.83. The number of ether oxygens (including phenoxy) is 2. The third kappa shape index (κ3) is 5.59. The fourth-order valence-electron chi connectivity index (χ4n) is 3.58. The Hall–Kier alpha value is -0.610. The van der Waals surface area contributed by atoms with Crippen LogP contribution >= 0.6 is 0 Å². The van der Waals surface area contributed by atoms with Crippen LogP contribution in [0, 0.1) is 11.3 Å². The molecular weight excluding hydrogens is 266 g/mol. The highest BCUT2D eigenvalue weighted by Crippen LogP contribution is 2.39. The third-order valence-electron chi connectivity index (χ3n) is 4.43. The Morgan fingerprint density at radius 1 is 1.33 bits per heavy atom. The predicted octanol–water partition coefficient (Wildman–Crippen LogP) is 2.90. The summed E-state index contributed by atoms with van der Waals surface area (Å²) in [5.74, 6) is 0.517. The molecular formula is C17H31NO3. The molecule has 0 aromatic heterocycles. The first-order valence-electron chi connectivity index (χ1n) is 8.44. The molecule has 3 atom stereocenters. The molecule has 0 aromatic rings. The van der Waals surface area contributed by atoms with Gasteiger partial charge in [0.25, 0.3) is 0 Å². The molecule has 2 rings (SSSR count). The van der Waals surface area contributed by atoms with Gasteiger partial charge in [0.05, 0.1) is 19.3 Å². The number of nitrogens with one attached hydrogen (secondary N) is 1. The van der Waals surface area contributed by atoms with Crippen LogP contribution in [-0.4, -0.2) is 37.4 Å². The van der Waals surface area contributed by atoms with Crippen LogP contribution in [-0.2, 0) is 14.3 Å². The van der Waals surface area contributed by atoms with Gasteiger partial charge >= 0.3 is 5.97 Å². The number of hydrogen-bond acceptors (Lipinski definition) is 4. The van der Waals surface area contributed by atoms with Gasteiger partial charge in [0.15, 0.2) is 0 Å². The molecule has 0 saturated heterocycles. The molecule has 0 radical (unpaired) electrons. The van der Waals surface area contributed by atoms with E-state index in [2.05, 4.69) is 26.1 Å². The van der Waals surface area contributed by atoms with E-state index in [9.17, 15) is 4.79 Å². The molecule has 21 heavy (non-hydrogen) atoms. The molecule has 0 bridgehead atoms. The topological polar surface area (TPSA) is 47.6 Å². The maximum Gasteiger partial charge on any atom is 0.325 e. The zero-order chi connectivity index (χ0) is 15.5. The molecule has 1 N–H and O–H groups in total. The van der Waals surface area contributed by atoms with Crippen molar-refractivity contribution in [2.24, 2.45) is 11.3 Å². The molecule has 0 aromatic carbocycles. The maximum atomic E-state index is 12.0. The largest absolute Gasteiger partial charge is 0.465 e. The first-order valence-corrected chi connectivity index (χ1v) is 8.44. The van der Waals surface area contributed by atoms with E-state index in [4.69, 9.17) is 9.47 Å². The van der Waals surface area contributed by atoms with Crippen LogP contribution in [0.3, 0.4) is 0 Å². The minimum Gasteiger partial charge on any atom is -0.465 e. The first kappa shape index (κ1) is 16.8. The number of rotatable bonds is 7. The quantitative estimate of drug-likeness (QED) is 0.734. The zero-order valence-corrected chi connectivity index (χ0v) is 14.0. The van der Waals surface area contributed by atoms with Crippen molar-refractivity contribution in [2.75, 3.05) is 13.2 Å². The molecule has 2 aliphatic carbocycles. The Kier molecular flexibility index (Phi) is 5.67. The van der Waals surface area contributed by atoms with E-state index in [0.29, 0.717) is 30.6 Å². The second kappa shape index (κ2) is 7.10. The third-order valence-corrected chi connectivity index (χ3v) is 4.43. The van der Waals surface area contributed by atoms with Crippen LogP contribution in [0.5, 0.6) is 0 Å². The number of carbonyl (C=O) groups is 1. The summed E-state index contributed by atoms with van der Waals surface area (Å²) in [5.41, 5.74) is 0.339. The summed E-state index contributed by atoms with van der Waals surface area (Å²) in [6.07, 6.45) is 6.02. The molecule has 2 aliphatic rings. The minimum absolute atomic E-state index is 0.174. The fourth-order valence-corrected chi connectivity index (χ4v) is 3.58. The average Bonchev–Trinajstić information content (AvgIpc) is 3.16. The highest BCUT2D eigenvalue weighted by Gasteiger charge is 2.34. The van der Waals surface area contributed by atoms with Crippen molar-refractivity contribution in [3.05, 3.63) is 0 Å². The van der Waals surface area contributed by atoms with Crippen molar-refractivity contribution in [1.82, 2.24) is 5.32 Å². The molecule has 0 heterocycles. The smallest absolute Gasteiger partial charge is 0.325 e. The van der Waals surface area contributed by atoms with Crippen molar-refractivity contribution in [1.29, 1.82) is 0 Å². The molecule has 0 spiro atoms. The SMILES string of the molecule is CCOC(=O)C(COC1CC(C)CC(C)(C)C1)NC1CC1. The van der Waals surface area contributed by atoms with E-state index < -0.39 is 0 Å². The Morgan fingerprint density at radius 2 is 2.05 bits per heavy atom. The molecule has 0 aliphatic heterocycles. The second-order valence-corrected chi connectivity index (χ2v) is 7.61. The van der Waals surface area contributed by atoms with Gasteiger partial charge < -0.3 is 9.47 Å². The molecule has 3 unspecified atom stereocenters. The Labute approximate surface area is 129 Å². The van der Waals surface area contributed by atoms with E-state index in [1.807, 2.05) is 6.92 Å². The van der Waals surface area contributed by atoms with Gasteiger partial charge in [-0.15, -0.1) is 0 Å². The van der Waals surface area contributed by atoms with Gasteiger partial charge in [-0.05, 0) is 50.4 Å². The number of esters is 1. The van der Waals surface area contributed by atoms with Crippen LogP contribution in [0.1, 0.15) is 59.8 Å². The monoisotopic (exact) mass is 297 g/mol. The van der Waals surface area contributed by atoms with Gasteiger partial charge in [0.1, 0.15) is 6.04 Å². The lowest BCUT2D eigenvalue weighted by Crippen LogP contribution is -2.44. The van der Waals surface area contributed by atoms with Crippen molar-refractivity contribution in [2.45, 2.75) is 78.0 Å². The Bertz CT molecular complexity index is 352. The average molecular weight is 297 g/mol. The predicted molar refractivity (Wildman–Crippen MR) is 83.1 cm³/mol. The Morgan fingerprint density at radius 3 is 2.62 bits per heavy atom. The number of carbonyl (C=O) groups excluding carboxylic acids is 1. The van der Waals surface area contributed by atoms with E-state index in [-0.39, 0.29) is 18.1 Å². The first-order chi connectivity index (χ1) is 9.89. The molecule has 4 nitrogen and oxygen atoms in total. The van der Waals surface area contributed by atoms with Gasteiger partial charge in [-0.1, -0.05) is 20.8 Å². The normalized spacial score (nSPS) is 29.9. The second-order valence-electron chi connectivity index (χ2n) is 7.61. The molecule has 2 fully saturated rings. The van der Waals surface area contributed by atoms with Gasteiger partial charge in [-0.3, -0.25) is 10.1 Å². The van der Waals surface area contributed by atoms with E-state index in [1.54, 1.807) is 0 Å². The molecule has 4 heteroatoms. The van der Waals surface area contributed by atoms with Gasteiger partial charge in [0.2, 0.25) is 0 Å². The van der Waals surface area contributed by atoms with Crippen LogP contribution in [0.4, 0.5) is 0 Å². The van der Waals surface area contributed by atoms with Crippen LogP contribution in [0.15, 0.2) is 0 Å². The van der Waals surface area contributed by atoms with Crippen LogP contribution in [0.25, 0.3) is 0 Å². The minimum atomic E-state index is -0.308. The summed E-state index contributed by atoms with van der Waals surface area (Å²) in [6.45, 7) is 9.62. The van der Waals surface area contributed by atoms with Gasteiger partial charge in [-0.2, -0.15) is 0 Å². The van der Waals surface area contributed by atoms with Gasteiger partial charge in [0, 0.05) is 6.04 Å². The van der Waals surface area contributed by atoms with Crippen LogP contribution in [0.2, 0.25) is 0 Å². The standard InChI is InChI=1S/C17H31NO3/c1-5-20-16(19)15(18-13-6-7-13)11-21-14-8-12(2)9-17(3,4)10-14/h12-15,18H,5-11H2,1-4H3. The lowest BCUT2D eigenvalue weighted by molar-refractivity contribution is -0.148. The lowest BCUT2D eigenvalue weighted by Gasteiger charge is -2.39. The van der Waals surface area contributed by atoms with Gasteiger partial charge in [-0.25, -0.2) is 0 Å². The summed E-state index contributed by atoms with van der Waals surface area (Å²) in [6, 6.07) is 0.169. The fraction of sp³-hybridized carbons (Fsp3) is 0.941. The van der Waals surface area contributed by atoms with Crippen LogP contribution < -0.4 is 5.32 Å². The van der Waals surface area contributed by atoms with Crippen molar-refractivity contribution in [3.8, 4) is 0 Å². The highest BCUT2D eigenvalue weighted by atomic mass is 16.5. The number of hydrogen-bond donors (Lipinski definition) is 1. The van der Waals surface area contributed by atoms with E-state index in [0.717, 1.165) is 25.7 Å². The van der Waals surface area contributed by atoms with Crippen molar-refractivity contribution < 1.29 is 14.3 Å². The van der Waals surface area contributed by atoms with E-state index in [1.165, 1.54) is 6.42 Å². The summed E-state index contributed by atoms with van der Waals surface area (Å²) in [7, 11) is 0. The lowest BCUT2D eigenvalue weighted by atomic mass is 9.71. The summed E-state index contributed by atoms with van der Waals surface area (Å²) < 4.78 is 11.2. The highest BCUT2D eigenvalue weighted by molar-refractivity contribution is 5.76.